The number of amides is 1. The fourth-order valence-corrected chi connectivity index (χ4v) is 1.85. The van der Waals surface area contributed by atoms with Crippen LogP contribution in [0.5, 0.6) is 0 Å². The maximum Gasteiger partial charge on any atom is 0.613 e. The first-order valence-electron chi connectivity index (χ1n) is 6.72. The van der Waals surface area contributed by atoms with Crippen LogP contribution in [0.1, 0.15) is 29.8 Å². The largest absolute Gasteiger partial charge is 0.613 e. The van der Waals surface area contributed by atoms with Crippen molar-refractivity contribution in [1.82, 2.24) is 0 Å². The molecule has 4 heteroatoms. The van der Waals surface area contributed by atoms with Crippen LogP contribution in [-0.4, -0.2) is 23.4 Å². The van der Waals surface area contributed by atoms with Crippen molar-refractivity contribution in [3.8, 4) is 0 Å². The van der Waals surface area contributed by atoms with Crippen molar-refractivity contribution < 1.29 is 14.0 Å². The number of hydrogen-bond donors (Lipinski definition) is 0. The van der Waals surface area contributed by atoms with Crippen LogP contribution in [0.25, 0.3) is 0 Å². The third kappa shape index (κ3) is 4.18. The van der Waals surface area contributed by atoms with E-state index in [-0.39, 0.29) is 5.91 Å². The smallest absolute Gasteiger partial charge is 0.273 e. The van der Waals surface area contributed by atoms with Crippen molar-refractivity contribution in [1.29, 1.82) is 0 Å². The summed E-state index contributed by atoms with van der Waals surface area (Å²) >= 11 is 0. The molecule has 2 rings (SSSR count). The van der Waals surface area contributed by atoms with Gasteiger partial charge in [0, 0.05) is 19.1 Å². The highest BCUT2D eigenvalue weighted by Crippen LogP contribution is 2.07. The van der Waals surface area contributed by atoms with Gasteiger partial charge in [0.15, 0.2) is 0 Å². The maximum atomic E-state index is 12.0. The lowest BCUT2D eigenvalue weighted by Crippen LogP contribution is -2.09. The van der Waals surface area contributed by atoms with E-state index in [1.165, 1.54) is 6.92 Å². The van der Waals surface area contributed by atoms with Crippen molar-refractivity contribution in [2.75, 3.05) is 0 Å². The lowest BCUT2D eigenvalue weighted by atomic mass is 10.1. The van der Waals surface area contributed by atoms with Crippen molar-refractivity contribution >= 4 is 23.4 Å². The zero-order valence-electron chi connectivity index (χ0n) is 12.0. The predicted molar refractivity (Wildman–Crippen MR) is 81.6 cm³/mol. The maximum absolute atomic E-state index is 12.0. The van der Waals surface area contributed by atoms with E-state index in [9.17, 15) is 9.59 Å². The second kappa shape index (κ2) is 6.70. The summed E-state index contributed by atoms with van der Waals surface area (Å²) in [7, 11) is 0. The number of benzene rings is 1. The highest BCUT2D eigenvalue weighted by Gasteiger charge is 2.19. The van der Waals surface area contributed by atoms with Gasteiger partial charge in [0.1, 0.15) is 5.56 Å². The fourth-order valence-electron chi connectivity index (χ4n) is 1.85. The minimum Gasteiger partial charge on any atom is -0.273 e. The third-order valence-electron chi connectivity index (χ3n) is 2.90. The summed E-state index contributed by atoms with van der Waals surface area (Å²) < 4.78 is 5.29. The highest BCUT2D eigenvalue weighted by molar-refractivity contribution is 6.19. The second-order valence-electron chi connectivity index (χ2n) is 4.57. The average molecular weight is 282 g/mol. The number of rotatable bonds is 2. The number of nitrogens with zero attached hydrogens (tertiary/aromatic N) is 1. The van der Waals surface area contributed by atoms with Gasteiger partial charge in [-0.25, -0.2) is 4.99 Å². The molecule has 21 heavy (non-hydrogen) atoms. The number of hydrogen-bond acceptors (Lipinski definition) is 2. The Morgan fingerprint density at radius 1 is 1.14 bits per heavy atom. The molecule has 0 bridgehead atoms. The average Bonchev–Trinajstić information content (AvgIpc) is 2.49. The minimum atomic E-state index is -0.401. The first kappa shape index (κ1) is 14.8. The Bertz CT molecular complexity index is 676. The van der Waals surface area contributed by atoms with E-state index in [4.69, 9.17) is 4.42 Å². The summed E-state index contributed by atoms with van der Waals surface area (Å²) in [6.07, 6.45) is 7.36. The Labute approximate surface area is 123 Å². The van der Waals surface area contributed by atoms with Crippen LogP contribution in [0, 0.1) is 0 Å². The second-order valence-corrected chi connectivity index (χ2v) is 4.57. The molecule has 4 nitrogen and oxygen atoms in total. The molecule has 1 aliphatic carbocycles. The zero-order valence-corrected chi connectivity index (χ0v) is 12.0. The zero-order chi connectivity index (χ0) is 15.2. The first-order chi connectivity index (χ1) is 10.1. The molecule has 0 N–H and O–H groups in total. The first-order valence-corrected chi connectivity index (χ1v) is 6.72. The van der Waals surface area contributed by atoms with E-state index < -0.39 is 5.97 Å². The van der Waals surface area contributed by atoms with Gasteiger partial charge in [-0.2, -0.15) is 0 Å². The highest BCUT2D eigenvalue weighted by atomic mass is 16.5. The fraction of sp³-hybridized carbons (Fsp3) is 0.176. The molecule has 1 amide bonds. The number of carbonyl (C=O) groups is 2. The quantitative estimate of drug-likeness (QED) is 0.618. The van der Waals surface area contributed by atoms with E-state index in [1.807, 2.05) is 25.1 Å². The molecule has 0 radical (unpaired) electrons. The molecule has 0 fully saturated rings. The van der Waals surface area contributed by atoms with E-state index >= 15 is 0 Å². The Morgan fingerprint density at radius 3 is 2.48 bits per heavy atom. The van der Waals surface area contributed by atoms with E-state index in [2.05, 4.69) is 4.99 Å². The van der Waals surface area contributed by atoms with Gasteiger partial charge in [-0.15, -0.1) is 0 Å². The van der Waals surface area contributed by atoms with Crippen LogP contribution < -0.4 is 0 Å². The van der Waals surface area contributed by atoms with Gasteiger partial charge >= 0.3 is 5.97 Å². The number of aryl methyl sites for hydroxylation is 1. The van der Waals surface area contributed by atoms with Crippen molar-refractivity contribution in [3.05, 3.63) is 59.7 Å². The Kier molecular flexibility index (Phi) is 4.72. The molecule has 1 aliphatic rings. The van der Waals surface area contributed by atoms with Crippen LogP contribution in [0.2, 0.25) is 0 Å². The molecule has 0 saturated heterocycles. The molecular formula is C17H16NO3+. The molecular weight excluding hydrogens is 266 g/mol. The van der Waals surface area contributed by atoms with Gasteiger partial charge in [-0.05, 0) is 36.3 Å². The van der Waals surface area contributed by atoms with Crippen molar-refractivity contribution in [2.45, 2.75) is 20.3 Å². The predicted octanol–water partition coefficient (Wildman–Crippen LogP) is 2.61. The number of carbonyl (C=O) groups excluding carboxylic acids is 3. The number of aliphatic imine (C=N–C) groups is 1. The van der Waals surface area contributed by atoms with E-state index in [0.29, 0.717) is 17.1 Å². The monoisotopic (exact) mass is 282 g/mol. The van der Waals surface area contributed by atoms with Gasteiger partial charge < -0.3 is 0 Å². The number of allylic oxidation sites excluding steroid dienone is 4. The molecule has 0 aliphatic heterocycles. The SMILES string of the molecule is CCc1cccc(C(=O)[O+]=C2C=CC(=NC(C)=O)C=C2)c1. The van der Waals surface area contributed by atoms with Crippen LogP contribution in [0.4, 0.5) is 0 Å². The summed E-state index contributed by atoms with van der Waals surface area (Å²) in [4.78, 5) is 26.7. The lowest BCUT2D eigenvalue weighted by Gasteiger charge is -1.97. The Morgan fingerprint density at radius 2 is 1.86 bits per heavy atom. The van der Waals surface area contributed by atoms with Gasteiger partial charge in [0.2, 0.25) is 11.7 Å². The minimum absolute atomic E-state index is 0.267. The normalized spacial score (nSPS) is 13.2. The van der Waals surface area contributed by atoms with E-state index in [1.54, 1.807) is 30.4 Å². The van der Waals surface area contributed by atoms with Crippen molar-refractivity contribution in [3.63, 3.8) is 0 Å². The molecule has 1 aromatic carbocycles. The standard InChI is InChI=1S/C17H16NO3/c1-3-13-5-4-6-14(11-13)17(20)21-16-9-7-15(8-10-16)18-12(2)19/h4-11H,3H2,1-2H3/q+1. The molecule has 1 aromatic rings. The molecule has 106 valence electrons. The summed E-state index contributed by atoms with van der Waals surface area (Å²) in [5.74, 6) is -0.248. The molecule has 0 saturated carbocycles. The molecule has 0 spiro atoms. The van der Waals surface area contributed by atoms with Crippen molar-refractivity contribution in [2.24, 2.45) is 4.99 Å². The molecule has 0 atom stereocenters. The van der Waals surface area contributed by atoms with Gasteiger partial charge in [-0.3, -0.25) is 9.22 Å². The van der Waals surface area contributed by atoms with Crippen LogP contribution in [0.3, 0.4) is 0 Å². The summed E-state index contributed by atoms with van der Waals surface area (Å²) in [5.41, 5.74) is 2.14. The lowest BCUT2D eigenvalue weighted by molar-refractivity contribution is -0.343. The summed E-state index contributed by atoms with van der Waals surface area (Å²) in [5, 5.41) is 0. The van der Waals surface area contributed by atoms with E-state index in [0.717, 1.165) is 12.0 Å². The Hall–Kier alpha value is -2.62. The Balaban J connectivity index is 2.16. The molecule has 0 aromatic heterocycles. The topological polar surface area (TPSA) is 57.8 Å². The van der Waals surface area contributed by atoms with Gasteiger partial charge in [0.05, 0.1) is 10.5 Å². The summed E-state index contributed by atoms with van der Waals surface area (Å²) in [6.45, 7) is 3.41. The molecule has 0 unspecified atom stereocenters. The van der Waals surface area contributed by atoms with Crippen LogP contribution in [0.15, 0.2) is 53.6 Å². The van der Waals surface area contributed by atoms with Crippen LogP contribution in [-0.2, 0) is 15.6 Å². The van der Waals surface area contributed by atoms with Gasteiger partial charge in [-0.1, -0.05) is 19.1 Å². The van der Waals surface area contributed by atoms with Gasteiger partial charge in [0.25, 0.3) is 0 Å². The molecule has 0 heterocycles. The third-order valence-corrected chi connectivity index (χ3v) is 2.90. The summed E-state index contributed by atoms with van der Waals surface area (Å²) in [6, 6.07) is 7.35. The van der Waals surface area contributed by atoms with Crippen LogP contribution >= 0.6 is 0 Å². The number of ketones is 1.